The molecule has 2 aromatic rings. The topological polar surface area (TPSA) is 25.0 Å². The molecule has 0 unspecified atom stereocenters. The third kappa shape index (κ3) is 1.91. The van der Waals surface area contributed by atoms with Crippen LogP contribution in [0.1, 0.15) is 5.69 Å². The number of alkyl halides is 3. The van der Waals surface area contributed by atoms with Crippen LogP contribution in [0.2, 0.25) is 0 Å². The number of nitrogens with one attached hydrogen (secondary N) is 1. The molecule has 2 nitrogen and oxygen atoms in total. The largest absolute Gasteiger partial charge is 0.573 e. The molecule has 1 N–H and O–H groups in total. The lowest BCUT2D eigenvalue weighted by atomic mass is 10.2. The van der Waals surface area contributed by atoms with Crippen molar-refractivity contribution >= 4 is 10.9 Å². The van der Waals surface area contributed by atoms with Gasteiger partial charge in [0.15, 0.2) is 5.75 Å². The molecule has 5 heteroatoms. The van der Waals surface area contributed by atoms with Crippen LogP contribution in [0.4, 0.5) is 13.2 Å². The molecule has 0 aliphatic heterocycles. The molecule has 80 valence electrons. The summed E-state index contributed by atoms with van der Waals surface area (Å²) in [6.45, 7) is 1.54. The number of ether oxygens (including phenoxy) is 1. The summed E-state index contributed by atoms with van der Waals surface area (Å²) in [6.07, 6.45) is -4.66. The van der Waals surface area contributed by atoms with Gasteiger partial charge in [-0.25, -0.2) is 0 Å². The van der Waals surface area contributed by atoms with Crippen molar-refractivity contribution in [2.75, 3.05) is 0 Å². The fourth-order valence-corrected chi connectivity index (χ4v) is 1.50. The van der Waals surface area contributed by atoms with Crippen molar-refractivity contribution in [1.29, 1.82) is 0 Å². The minimum atomic E-state index is -4.66. The maximum atomic E-state index is 12.1. The summed E-state index contributed by atoms with van der Waals surface area (Å²) in [5, 5.41) is 0.437. The van der Waals surface area contributed by atoms with Crippen molar-refractivity contribution in [3.8, 4) is 5.75 Å². The number of aromatic amines is 1. The third-order valence-electron chi connectivity index (χ3n) is 2.05. The second-order valence-electron chi connectivity index (χ2n) is 3.17. The van der Waals surface area contributed by atoms with Gasteiger partial charge >= 0.3 is 6.36 Å². The maximum Gasteiger partial charge on any atom is 0.573 e. The molecule has 0 radical (unpaired) electrons. The number of aryl methyl sites for hydroxylation is 1. The van der Waals surface area contributed by atoms with E-state index in [2.05, 4.69) is 9.72 Å². The Hall–Kier alpha value is -1.65. The normalized spacial score (nSPS) is 12.0. The lowest BCUT2D eigenvalue weighted by Gasteiger charge is -2.08. The first kappa shape index (κ1) is 9.89. The average molecular weight is 215 g/mol. The van der Waals surface area contributed by atoms with E-state index >= 15 is 0 Å². The first-order valence-electron chi connectivity index (χ1n) is 4.30. The lowest BCUT2D eigenvalue weighted by molar-refractivity contribution is -0.274. The Morgan fingerprint density at radius 1 is 1.20 bits per heavy atom. The molecule has 1 aromatic heterocycles. The van der Waals surface area contributed by atoms with Gasteiger partial charge in [0, 0.05) is 10.9 Å². The average Bonchev–Trinajstić information content (AvgIpc) is 2.41. The molecule has 0 saturated heterocycles. The van der Waals surface area contributed by atoms with Crippen LogP contribution in [0.25, 0.3) is 10.9 Å². The molecule has 2 rings (SSSR count). The predicted octanol–water partition coefficient (Wildman–Crippen LogP) is 3.37. The fraction of sp³-hybridized carbons (Fsp3) is 0.200. The van der Waals surface area contributed by atoms with Gasteiger partial charge in [0.2, 0.25) is 0 Å². The molecule has 0 spiro atoms. The first-order valence-corrected chi connectivity index (χ1v) is 4.30. The number of aromatic nitrogens is 1. The highest BCUT2D eigenvalue weighted by atomic mass is 19.4. The van der Waals surface area contributed by atoms with Crippen LogP contribution in [-0.2, 0) is 0 Å². The van der Waals surface area contributed by atoms with Crippen molar-refractivity contribution in [2.45, 2.75) is 13.3 Å². The van der Waals surface area contributed by atoms with Gasteiger partial charge in [-0.3, -0.25) is 0 Å². The zero-order valence-corrected chi connectivity index (χ0v) is 7.85. The monoisotopic (exact) mass is 215 g/mol. The molecule has 0 aliphatic carbocycles. The summed E-state index contributed by atoms with van der Waals surface area (Å²) in [7, 11) is 0. The predicted molar refractivity (Wildman–Crippen MR) is 49.7 cm³/mol. The molecule has 15 heavy (non-hydrogen) atoms. The van der Waals surface area contributed by atoms with E-state index in [1.807, 2.05) is 0 Å². The van der Waals surface area contributed by atoms with Crippen molar-refractivity contribution in [3.63, 3.8) is 0 Å². The SMILES string of the molecule is Cc1[nH]c2ccccc2c1OC(F)(F)F. The van der Waals surface area contributed by atoms with Gasteiger partial charge in [-0.15, -0.1) is 13.2 Å². The highest BCUT2D eigenvalue weighted by molar-refractivity contribution is 5.87. The number of H-pyrrole nitrogens is 1. The van der Waals surface area contributed by atoms with Crippen LogP contribution >= 0.6 is 0 Å². The first-order chi connectivity index (χ1) is 6.97. The fourth-order valence-electron chi connectivity index (χ4n) is 1.50. The number of hydrogen-bond donors (Lipinski definition) is 1. The number of rotatable bonds is 1. The molecule has 1 heterocycles. The van der Waals surface area contributed by atoms with Crippen LogP contribution in [0, 0.1) is 6.92 Å². The lowest BCUT2D eigenvalue weighted by Crippen LogP contribution is -2.17. The summed E-state index contributed by atoms with van der Waals surface area (Å²) >= 11 is 0. The van der Waals surface area contributed by atoms with E-state index < -0.39 is 6.36 Å². The van der Waals surface area contributed by atoms with E-state index in [1.165, 1.54) is 0 Å². The van der Waals surface area contributed by atoms with E-state index in [0.717, 1.165) is 0 Å². The minimum Gasteiger partial charge on any atom is -0.403 e. The van der Waals surface area contributed by atoms with Crippen molar-refractivity contribution in [1.82, 2.24) is 4.98 Å². The molecule has 0 bridgehead atoms. The second-order valence-corrected chi connectivity index (χ2v) is 3.17. The minimum absolute atomic E-state index is 0.155. The summed E-state index contributed by atoms with van der Waals surface area (Å²) in [6, 6.07) is 6.69. The Kier molecular flexibility index (Phi) is 2.10. The number of benzene rings is 1. The van der Waals surface area contributed by atoms with Gasteiger partial charge in [-0.1, -0.05) is 12.1 Å². The van der Waals surface area contributed by atoms with Gasteiger partial charge in [0.1, 0.15) is 0 Å². The molecule has 0 atom stereocenters. The van der Waals surface area contributed by atoms with E-state index in [4.69, 9.17) is 0 Å². The van der Waals surface area contributed by atoms with Crippen LogP contribution < -0.4 is 4.74 Å². The molecular formula is C10H8F3NO. The van der Waals surface area contributed by atoms with Crippen LogP contribution in [0.5, 0.6) is 5.75 Å². The van der Waals surface area contributed by atoms with Gasteiger partial charge in [-0.05, 0) is 19.1 Å². The number of fused-ring (bicyclic) bond motifs is 1. The van der Waals surface area contributed by atoms with Crippen LogP contribution in [-0.4, -0.2) is 11.3 Å². The quantitative estimate of drug-likeness (QED) is 0.775. The highest BCUT2D eigenvalue weighted by Gasteiger charge is 2.33. The maximum absolute atomic E-state index is 12.1. The second kappa shape index (κ2) is 3.18. The van der Waals surface area contributed by atoms with Gasteiger partial charge in [-0.2, -0.15) is 0 Å². The summed E-state index contributed by atoms with van der Waals surface area (Å²) < 4.78 is 40.2. The summed E-state index contributed by atoms with van der Waals surface area (Å²) in [5.41, 5.74) is 1.00. The van der Waals surface area contributed by atoms with Crippen molar-refractivity contribution < 1.29 is 17.9 Å². The zero-order chi connectivity index (χ0) is 11.1. The van der Waals surface area contributed by atoms with E-state index in [1.54, 1.807) is 31.2 Å². The summed E-state index contributed by atoms with van der Waals surface area (Å²) in [5.74, 6) is -0.155. The number of para-hydroxylation sites is 1. The van der Waals surface area contributed by atoms with Gasteiger partial charge < -0.3 is 9.72 Å². The van der Waals surface area contributed by atoms with Crippen molar-refractivity contribution in [2.24, 2.45) is 0 Å². The third-order valence-corrected chi connectivity index (χ3v) is 2.05. The van der Waals surface area contributed by atoms with Crippen LogP contribution in [0.15, 0.2) is 24.3 Å². The molecule has 1 aromatic carbocycles. The van der Waals surface area contributed by atoms with Gasteiger partial charge in [0.25, 0.3) is 0 Å². The summed E-state index contributed by atoms with van der Waals surface area (Å²) in [4.78, 5) is 2.82. The Morgan fingerprint density at radius 2 is 1.87 bits per heavy atom. The standard InChI is InChI=1S/C10H8F3NO/c1-6-9(15-10(11,12)13)7-4-2-3-5-8(7)14-6/h2-5,14H,1H3. The Labute approximate surface area is 83.7 Å². The number of halogens is 3. The molecule has 0 aliphatic rings. The molecule has 0 amide bonds. The molecule has 0 fully saturated rings. The number of hydrogen-bond acceptors (Lipinski definition) is 1. The van der Waals surface area contributed by atoms with E-state index in [9.17, 15) is 13.2 Å². The molecular weight excluding hydrogens is 207 g/mol. The smallest absolute Gasteiger partial charge is 0.403 e. The Bertz CT molecular complexity index is 487. The molecule has 0 saturated carbocycles. The van der Waals surface area contributed by atoms with Crippen molar-refractivity contribution in [3.05, 3.63) is 30.0 Å². The Morgan fingerprint density at radius 3 is 2.53 bits per heavy atom. The highest BCUT2D eigenvalue weighted by Crippen LogP contribution is 2.33. The Balaban J connectivity index is 2.54. The zero-order valence-electron chi connectivity index (χ0n) is 7.85. The van der Waals surface area contributed by atoms with Gasteiger partial charge in [0.05, 0.1) is 5.69 Å². The van der Waals surface area contributed by atoms with Crippen LogP contribution in [0.3, 0.4) is 0 Å². The van der Waals surface area contributed by atoms with E-state index in [0.29, 0.717) is 16.6 Å². The van der Waals surface area contributed by atoms with E-state index in [-0.39, 0.29) is 5.75 Å².